The third-order valence-corrected chi connectivity index (χ3v) is 3.33. The van der Waals surface area contributed by atoms with Crippen LogP contribution in [-0.2, 0) is 4.79 Å². The van der Waals surface area contributed by atoms with Gasteiger partial charge in [0.2, 0.25) is 0 Å². The second-order valence-electron chi connectivity index (χ2n) is 4.32. The molecule has 0 spiro atoms. The van der Waals surface area contributed by atoms with Gasteiger partial charge in [-0.15, -0.1) is 0 Å². The molecule has 2 rings (SSSR count). The lowest BCUT2D eigenvalue weighted by Gasteiger charge is -2.17. The van der Waals surface area contributed by atoms with Crippen molar-refractivity contribution in [2.75, 3.05) is 5.32 Å². The van der Waals surface area contributed by atoms with Crippen molar-refractivity contribution < 1.29 is 9.53 Å². The van der Waals surface area contributed by atoms with Gasteiger partial charge in [-0.1, -0.05) is 41.1 Å². The minimum atomic E-state index is -0.499. The first-order valence-electron chi connectivity index (χ1n) is 6.47. The highest BCUT2D eigenvalue weighted by atomic mass is 79.9. The van der Waals surface area contributed by atoms with Crippen LogP contribution in [0.3, 0.4) is 0 Å². The molecule has 0 bridgehead atoms. The molecule has 20 heavy (non-hydrogen) atoms. The summed E-state index contributed by atoms with van der Waals surface area (Å²) in [5.41, 5.74) is 0.758. The molecule has 0 radical (unpaired) electrons. The van der Waals surface area contributed by atoms with Gasteiger partial charge in [0, 0.05) is 10.2 Å². The van der Waals surface area contributed by atoms with E-state index in [-0.39, 0.29) is 5.91 Å². The van der Waals surface area contributed by atoms with E-state index >= 15 is 0 Å². The molecular weight excluding hydrogens is 318 g/mol. The summed E-state index contributed by atoms with van der Waals surface area (Å²) in [6.45, 7) is 1.93. The van der Waals surface area contributed by atoms with Crippen molar-refractivity contribution in [3.8, 4) is 5.75 Å². The molecule has 0 heterocycles. The van der Waals surface area contributed by atoms with Gasteiger partial charge in [-0.3, -0.25) is 4.79 Å². The van der Waals surface area contributed by atoms with Crippen molar-refractivity contribution in [1.82, 2.24) is 0 Å². The van der Waals surface area contributed by atoms with Crippen LogP contribution in [0.2, 0.25) is 0 Å². The number of nitrogens with one attached hydrogen (secondary N) is 1. The van der Waals surface area contributed by atoms with Crippen molar-refractivity contribution in [2.24, 2.45) is 0 Å². The highest BCUT2D eigenvalue weighted by Gasteiger charge is 2.18. The Morgan fingerprint density at radius 3 is 2.40 bits per heavy atom. The Balaban J connectivity index is 2.00. The molecule has 4 heteroatoms. The molecule has 104 valence electrons. The zero-order chi connectivity index (χ0) is 14.4. The molecular formula is C16H16BrNO2. The first-order valence-corrected chi connectivity index (χ1v) is 7.26. The lowest BCUT2D eigenvalue weighted by molar-refractivity contribution is -0.122. The number of para-hydroxylation sites is 1. The summed E-state index contributed by atoms with van der Waals surface area (Å²) in [5, 5.41) is 2.86. The maximum absolute atomic E-state index is 12.2. The largest absolute Gasteiger partial charge is 0.481 e. The molecule has 2 aromatic rings. The molecule has 1 N–H and O–H groups in total. The van der Waals surface area contributed by atoms with E-state index in [4.69, 9.17) is 4.74 Å². The van der Waals surface area contributed by atoms with E-state index in [2.05, 4.69) is 21.2 Å². The molecule has 0 saturated carbocycles. The molecule has 1 amide bonds. The number of hydrogen-bond donors (Lipinski definition) is 1. The summed E-state index contributed by atoms with van der Waals surface area (Å²) in [5.74, 6) is 0.559. The van der Waals surface area contributed by atoms with Crippen LogP contribution in [0.15, 0.2) is 59.1 Å². The number of carbonyl (C=O) groups excluding carboxylic acids is 1. The van der Waals surface area contributed by atoms with Crippen LogP contribution >= 0.6 is 15.9 Å². The van der Waals surface area contributed by atoms with Crippen molar-refractivity contribution in [3.63, 3.8) is 0 Å². The standard InChI is InChI=1S/C16H16BrNO2/c1-2-15(20-14-6-4-3-5-7-14)16(19)18-13-10-8-12(17)9-11-13/h3-11,15H,2H2,1H3,(H,18,19)/t15-/m0/s1. The summed E-state index contributed by atoms with van der Waals surface area (Å²) in [6.07, 6.45) is 0.109. The average Bonchev–Trinajstić information content (AvgIpc) is 2.48. The van der Waals surface area contributed by atoms with Gasteiger partial charge >= 0.3 is 0 Å². The average molecular weight is 334 g/mol. The molecule has 1 atom stereocenters. The molecule has 0 aliphatic rings. The lowest BCUT2D eigenvalue weighted by Crippen LogP contribution is -2.32. The third-order valence-electron chi connectivity index (χ3n) is 2.80. The van der Waals surface area contributed by atoms with Crippen LogP contribution in [0.25, 0.3) is 0 Å². The normalized spacial score (nSPS) is 11.7. The van der Waals surface area contributed by atoms with E-state index < -0.39 is 6.10 Å². The number of rotatable bonds is 5. The van der Waals surface area contributed by atoms with Crippen LogP contribution in [0.5, 0.6) is 5.75 Å². The van der Waals surface area contributed by atoms with Crippen LogP contribution < -0.4 is 10.1 Å². The molecule has 0 aromatic heterocycles. The van der Waals surface area contributed by atoms with Crippen molar-refractivity contribution >= 4 is 27.5 Å². The third kappa shape index (κ3) is 4.10. The predicted molar refractivity (Wildman–Crippen MR) is 83.9 cm³/mol. The molecule has 0 unspecified atom stereocenters. The van der Waals surface area contributed by atoms with Crippen molar-refractivity contribution in [1.29, 1.82) is 0 Å². The number of halogens is 1. The second-order valence-corrected chi connectivity index (χ2v) is 5.24. The van der Waals surface area contributed by atoms with Crippen LogP contribution in [0.1, 0.15) is 13.3 Å². The number of hydrogen-bond acceptors (Lipinski definition) is 2. The molecule has 0 aliphatic carbocycles. The van der Waals surface area contributed by atoms with Crippen molar-refractivity contribution in [3.05, 3.63) is 59.1 Å². The number of anilines is 1. The van der Waals surface area contributed by atoms with Gasteiger partial charge in [-0.05, 0) is 42.8 Å². The number of ether oxygens (including phenoxy) is 1. The Labute approximate surface area is 127 Å². The van der Waals surface area contributed by atoms with E-state index in [0.717, 1.165) is 10.2 Å². The Kier molecular flexibility index (Phi) is 5.18. The van der Waals surface area contributed by atoms with Gasteiger partial charge < -0.3 is 10.1 Å². The fourth-order valence-electron chi connectivity index (χ4n) is 1.74. The van der Waals surface area contributed by atoms with Crippen LogP contribution in [0.4, 0.5) is 5.69 Å². The highest BCUT2D eigenvalue weighted by Crippen LogP contribution is 2.16. The van der Waals surface area contributed by atoms with Gasteiger partial charge in [0.1, 0.15) is 5.75 Å². The number of amides is 1. The zero-order valence-corrected chi connectivity index (χ0v) is 12.8. The van der Waals surface area contributed by atoms with Gasteiger partial charge in [0.05, 0.1) is 0 Å². The molecule has 3 nitrogen and oxygen atoms in total. The van der Waals surface area contributed by atoms with Crippen LogP contribution in [-0.4, -0.2) is 12.0 Å². The van der Waals surface area contributed by atoms with E-state index in [9.17, 15) is 4.79 Å². The minimum Gasteiger partial charge on any atom is -0.481 e. The van der Waals surface area contributed by atoms with Gasteiger partial charge in [-0.25, -0.2) is 0 Å². The summed E-state index contributed by atoms with van der Waals surface area (Å²) >= 11 is 3.36. The monoisotopic (exact) mass is 333 g/mol. The van der Waals surface area contributed by atoms with Gasteiger partial charge in [0.25, 0.3) is 5.91 Å². The number of carbonyl (C=O) groups is 1. The topological polar surface area (TPSA) is 38.3 Å². The summed E-state index contributed by atoms with van der Waals surface area (Å²) in [7, 11) is 0. The van der Waals surface area contributed by atoms with Gasteiger partial charge in [-0.2, -0.15) is 0 Å². The smallest absolute Gasteiger partial charge is 0.265 e. The van der Waals surface area contributed by atoms with Gasteiger partial charge in [0.15, 0.2) is 6.10 Å². The van der Waals surface area contributed by atoms with E-state index in [1.54, 1.807) is 0 Å². The fourth-order valence-corrected chi connectivity index (χ4v) is 2.01. The van der Waals surface area contributed by atoms with E-state index in [1.807, 2.05) is 61.5 Å². The fraction of sp³-hybridized carbons (Fsp3) is 0.188. The SMILES string of the molecule is CC[C@H](Oc1ccccc1)C(=O)Nc1ccc(Br)cc1. The highest BCUT2D eigenvalue weighted by molar-refractivity contribution is 9.10. The first-order chi connectivity index (χ1) is 9.69. The Morgan fingerprint density at radius 2 is 1.80 bits per heavy atom. The Hall–Kier alpha value is -1.81. The van der Waals surface area contributed by atoms with E-state index in [0.29, 0.717) is 12.2 Å². The molecule has 0 fully saturated rings. The Bertz CT molecular complexity index is 554. The molecule has 0 saturated heterocycles. The molecule has 2 aromatic carbocycles. The maximum Gasteiger partial charge on any atom is 0.265 e. The maximum atomic E-state index is 12.2. The summed E-state index contributed by atoms with van der Waals surface area (Å²) in [4.78, 5) is 12.2. The van der Waals surface area contributed by atoms with Crippen LogP contribution in [0, 0.1) is 0 Å². The number of benzene rings is 2. The summed E-state index contributed by atoms with van der Waals surface area (Å²) < 4.78 is 6.68. The quantitative estimate of drug-likeness (QED) is 0.888. The second kappa shape index (κ2) is 7.10. The molecule has 0 aliphatic heterocycles. The predicted octanol–water partition coefficient (Wildman–Crippen LogP) is 4.25. The lowest BCUT2D eigenvalue weighted by atomic mass is 10.2. The first kappa shape index (κ1) is 14.6. The summed E-state index contributed by atoms with van der Waals surface area (Å²) in [6, 6.07) is 16.8. The van der Waals surface area contributed by atoms with Crippen molar-refractivity contribution in [2.45, 2.75) is 19.4 Å². The zero-order valence-electron chi connectivity index (χ0n) is 11.2. The minimum absolute atomic E-state index is 0.140. The Morgan fingerprint density at radius 1 is 1.15 bits per heavy atom. The van der Waals surface area contributed by atoms with E-state index in [1.165, 1.54) is 0 Å².